The third-order valence-electron chi connectivity index (χ3n) is 17.8. The third kappa shape index (κ3) is 9.99. The maximum Gasteiger partial charge on any atom is 0.137 e. The zero-order chi connectivity index (χ0) is 59.7. The molecule has 1 aliphatic heterocycles. The number of rotatable bonds is 6. The van der Waals surface area contributed by atoms with Crippen LogP contribution in [-0.4, -0.2) is 14.1 Å². The average Bonchev–Trinajstić information content (AvgIpc) is 1.77. The van der Waals surface area contributed by atoms with E-state index in [0.717, 1.165) is 45.1 Å². The van der Waals surface area contributed by atoms with E-state index in [1.54, 1.807) is 0 Å². The Balaban J connectivity index is 1.05. The minimum Gasteiger partial charge on any atom is -0.457 e. The highest BCUT2D eigenvalue weighted by Gasteiger charge is 2.29. The highest BCUT2D eigenvalue weighted by Crippen LogP contribution is 2.48. The summed E-state index contributed by atoms with van der Waals surface area (Å²) in [5.41, 5.74) is 17.7. The molecule has 85 heavy (non-hydrogen) atoms. The number of para-hydroxylation sites is 2. The summed E-state index contributed by atoms with van der Waals surface area (Å²) < 4.78 is 11.9. The highest BCUT2D eigenvalue weighted by atomic mass is 16.5. The normalized spacial score (nSPS) is 13.3. The van der Waals surface area contributed by atoms with Crippen LogP contribution < -0.4 is 9.64 Å². The zero-order valence-electron chi connectivity index (χ0n) is 52.5. The molecule has 4 heterocycles. The molecule has 0 saturated carbocycles. The van der Waals surface area contributed by atoms with Gasteiger partial charge in [0.1, 0.15) is 24.0 Å². The predicted molar refractivity (Wildman–Crippen MR) is 364 cm³/mol. The summed E-state index contributed by atoms with van der Waals surface area (Å²) in [6, 6.07) is 73.0. The Kier molecular flexibility index (Phi) is 13.0. The Hall–Kier alpha value is -8.67. The molecule has 12 aromatic rings. The van der Waals surface area contributed by atoms with E-state index >= 15 is 0 Å². The summed E-state index contributed by atoms with van der Waals surface area (Å²) in [5.74, 6) is 2.41. The second-order valence-electron chi connectivity index (χ2n) is 29.1. The Morgan fingerprint density at radius 3 is 1.49 bits per heavy atom. The van der Waals surface area contributed by atoms with Gasteiger partial charge in [-0.15, -0.1) is 0 Å². The lowest BCUT2D eigenvalue weighted by atomic mass is 9.77. The summed E-state index contributed by atoms with van der Waals surface area (Å²) >= 11 is 0. The topological polar surface area (TPSA) is 35.2 Å². The van der Waals surface area contributed by atoms with E-state index in [4.69, 9.17) is 9.72 Å². The number of anilines is 2. The zero-order valence-corrected chi connectivity index (χ0v) is 52.5. The van der Waals surface area contributed by atoms with Crippen molar-refractivity contribution in [3.05, 3.63) is 228 Å². The van der Waals surface area contributed by atoms with E-state index in [1.165, 1.54) is 98.8 Å². The Morgan fingerprint density at radius 2 is 0.859 bits per heavy atom. The van der Waals surface area contributed by atoms with Gasteiger partial charge in [0, 0.05) is 51.1 Å². The molecule has 0 saturated heterocycles. The van der Waals surface area contributed by atoms with Gasteiger partial charge in [-0.3, -0.25) is 4.57 Å². The number of ether oxygens (including phenoxy) is 1. The summed E-state index contributed by atoms with van der Waals surface area (Å²) in [5, 5.41) is 9.61. The molecule has 0 fully saturated rings. The van der Waals surface area contributed by atoms with Crippen molar-refractivity contribution >= 4 is 76.5 Å². The monoisotopic (exact) mass is 1110 g/mol. The Bertz CT molecular complexity index is 4710. The molecule has 0 unspecified atom stereocenters. The molecule has 13 rings (SSSR count). The molecule has 0 aliphatic carbocycles. The first-order valence-corrected chi connectivity index (χ1v) is 30.4. The van der Waals surface area contributed by atoms with Crippen LogP contribution in [-0.2, 0) is 33.7 Å². The molecule has 1 aliphatic rings. The van der Waals surface area contributed by atoms with Crippen LogP contribution in [0.2, 0.25) is 0 Å². The van der Waals surface area contributed by atoms with Crippen molar-refractivity contribution < 1.29 is 4.74 Å². The first kappa shape index (κ1) is 55.5. The van der Waals surface area contributed by atoms with Crippen LogP contribution in [0.1, 0.15) is 132 Å². The summed E-state index contributed by atoms with van der Waals surface area (Å²) in [7, 11) is 0. The van der Waals surface area contributed by atoms with Crippen LogP contribution in [0.5, 0.6) is 11.5 Å². The Morgan fingerprint density at radius 1 is 0.353 bits per heavy atom. The van der Waals surface area contributed by atoms with Crippen LogP contribution in [0.3, 0.4) is 0 Å². The van der Waals surface area contributed by atoms with E-state index in [2.05, 4.69) is 312 Å². The molecular formula is C80H80N4O. The van der Waals surface area contributed by atoms with Gasteiger partial charge < -0.3 is 14.2 Å². The minimum atomic E-state index is -0.169. The summed E-state index contributed by atoms with van der Waals surface area (Å²) in [6.07, 6.45) is 1.94. The van der Waals surface area contributed by atoms with Crippen molar-refractivity contribution in [1.82, 2.24) is 14.1 Å². The van der Waals surface area contributed by atoms with Crippen molar-refractivity contribution in [1.29, 1.82) is 0 Å². The molecule has 0 N–H and O–H groups in total. The van der Waals surface area contributed by atoms with E-state index in [1.807, 2.05) is 6.20 Å². The van der Waals surface area contributed by atoms with Gasteiger partial charge in [-0.2, -0.15) is 0 Å². The lowest BCUT2D eigenvalue weighted by molar-refractivity contribution is 0.483. The first-order valence-electron chi connectivity index (χ1n) is 30.4. The lowest BCUT2D eigenvalue weighted by Crippen LogP contribution is -2.17. The molecule has 3 aromatic heterocycles. The molecule has 0 amide bonds. The molecule has 5 nitrogen and oxygen atoms in total. The smallest absolute Gasteiger partial charge is 0.137 e. The van der Waals surface area contributed by atoms with E-state index in [0.29, 0.717) is 6.67 Å². The highest BCUT2D eigenvalue weighted by molar-refractivity contribution is 6.22. The van der Waals surface area contributed by atoms with Crippen LogP contribution in [0, 0.1) is 0 Å². The maximum absolute atomic E-state index is 7.01. The fourth-order valence-corrected chi connectivity index (χ4v) is 12.8. The summed E-state index contributed by atoms with van der Waals surface area (Å²) in [6.45, 7) is 35.5. The van der Waals surface area contributed by atoms with Gasteiger partial charge in [-0.1, -0.05) is 219 Å². The molecule has 5 heteroatoms. The van der Waals surface area contributed by atoms with E-state index in [-0.39, 0.29) is 27.1 Å². The van der Waals surface area contributed by atoms with Gasteiger partial charge in [0.05, 0.1) is 27.8 Å². The second kappa shape index (κ2) is 20.0. The van der Waals surface area contributed by atoms with E-state index in [9.17, 15) is 0 Å². The molecule has 0 radical (unpaired) electrons. The standard InChI is InChI=1S/C80H80N4O/c1-76(2,3)53-36-37-81-73(46-53)84-70-32-21-20-30-65(70)66-35-34-60(48-72(66)84)85-59-25-22-24-58(47-59)82-49-83-74-68(52-38-50(39-54(42-52)77(4,5)6)51-40-55(78(7,8)9)43-56(41-51)79(10,11)12)44-57(80(13,14)15)45-69(74)64-29-19-17-27-62(64)61-26-16-18-28-63(61)67-31-23-33-71(82)75(67)83/h16-48H,49H2,1-15H3. The number of fused-ring (bicyclic) bond motifs is 10. The number of benzene rings is 9. The van der Waals surface area contributed by atoms with Crippen molar-refractivity contribution in [2.24, 2.45) is 0 Å². The van der Waals surface area contributed by atoms with Gasteiger partial charge in [0.2, 0.25) is 0 Å². The number of hydrogen-bond acceptors (Lipinski definition) is 3. The fraction of sp³-hybridized carbons (Fsp3) is 0.263. The number of aromatic nitrogens is 3. The number of nitrogens with zero attached hydrogens (tertiary/aromatic N) is 4. The molecule has 9 aromatic carbocycles. The van der Waals surface area contributed by atoms with Gasteiger partial charge >= 0.3 is 0 Å². The molecule has 0 spiro atoms. The van der Waals surface area contributed by atoms with Gasteiger partial charge in [0.15, 0.2) is 0 Å². The molecule has 426 valence electrons. The fourth-order valence-electron chi connectivity index (χ4n) is 12.8. The summed E-state index contributed by atoms with van der Waals surface area (Å²) in [4.78, 5) is 7.45. The van der Waals surface area contributed by atoms with Crippen LogP contribution in [0.25, 0.3) is 93.2 Å². The molecule has 0 atom stereocenters. The Labute approximate surface area is 502 Å². The van der Waals surface area contributed by atoms with Crippen LogP contribution in [0.15, 0.2) is 200 Å². The van der Waals surface area contributed by atoms with Crippen LogP contribution >= 0.6 is 0 Å². The van der Waals surface area contributed by atoms with Crippen LogP contribution in [0.4, 0.5) is 11.4 Å². The van der Waals surface area contributed by atoms with Gasteiger partial charge in [0.25, 0.3) is 0 Å². The molecular weight excluding hydrogens is 1030 g/mol. The second-order valence-corrected chi connectivity index (χ2v) is 29.1. The molecule has 0 bridgehead atoms. The average molecular weight is 1110 g/mol. The van der Waals surface area contributed by atoms with Gasteiger partial charge in [-0.05, 0) is 160 Å². The quantitative estimate of drug-likeness (QED) is 0.166. The first-order chi connectivity index (χ1) is 40.3. The van der Waals surface area contributed by atoms with Crippen molar-refractivity contribution in [3.8, 4) is 39.6 Å². The largest absolute Gasteiger partial charge is 0.457 e. The predicted octanol–water partition coefficient (Wildman–Crippen LogP) is 22.4. The number of hydrogen-bond donors (Lipinski definition) is 0. The minimum absolute atomic E-state index is 0.0320. The van der Waals surface area contributed by atoms with Crippen molar-refractivity contribution in [2.45, 2.75) is 138 Å². The SMILES string of the molecule is CC(C)(C)c1cc(-c2cc(C(C)(C)C)cc(C(C)(C)C)c2)cc(-c2cc(C(C)(C)C)cc3c4ccccc4c4ccccc4c4cccc5c4n(c23)CN5c2cccc(Oc3ccc4c5ccccc5n(-c5cc(C(C)(C)C)ccn5)c4c3)c2)c1. The van der Waals surface area contributed by atoms with Crippen molar-refractivity contribution in [3.63, 3.8) is 0 Å². The number of pyridine rings is 1. The van der Waals surface area contributed by atoms with Crippen molar-refractivity contribution in [2.75, 3.05) is 4.90 Å². The van der Waals surface area contributed by atoms with Gasteiger partial charge in [-0.25, -0.2) is 4.98 Å². The third-order valence-corrected chi connectivity index (χ3v) is 17.8. The van der Waals surface area contributed by atoms with E-state index < -0.39 is 0 Å². The lowest BCUT2D eigenvalue weighted by Gasteiger charge is -2.27. The maximum atomic E-state index is 7.01.